The third-order valence-electron chi connectivity index (χ3n) is 2.28. The molecule has 1 aromatic heterocycles. The van der Waals surface area contributed by atoms with Crippen LogP contribution < -0.4 is 0 Å². The predicted molar refractivity (Wildman–Crippen MR) is 69.6 cm³/mol. The van der Waals surface area contributed by atoms with Gasteiger partial charge in [-0.1, -0.05) is 30.3 Å². The zero-order chi connectivity index (χ0) is 11.4. The molecule has 16 heavy (non-hydrogen) atoms. The first kappa shape index (κ1) is 10.9. The Bertz CT molecular complexity index is 476. The molecule has 2 nitrogen and oxygen atoms in total. The summed E-state index contributed by atoms with van der Waals surface area (Å²) in [6.45, 7) is 2.53. The highest BCUT2D eigenvalue weighted by Gasteiger charge is 2.06. The van der Waals surface area contributed by atoms with E-state index in [1.165, 1.54) is 0 Å². The number of thiocarbonyl (C=S) groups is 1. The number of hydrogen-bond donors (Lipinski definition) is 1. The average molecular weight is 231 g/mol. The van der Waals surface area contributed by atoms with E-state index in [9.17, 15) is 0 Å². The molecule has 0 fully saturated rings. The molecule has 0 saturated carbocycles. The van der Waals surface area contributed by atoms with E-state index < -0.39 is 0 Å². The Kier molecular flexibility index (Phi) is 3.37. The zero-order valence-corrected chi connectivity index (χ0v) is 9.88. The summed E-state index contributed by atoms with van der Waals surface area (Å²) in [5.74, 6) is 0. The molecule has 1 heterocycles. The molecule has 0 aliphatic heterocycles. The first-order valence-electron chi connectivity index (χ1n) is 5.22. The van der Waals surface area contributed by atoms with Gasteiger partial charge in [-0.2, -0.15) is 0 Å². The van der Waals surface area contributed by atoms with Crippen LogP contribution in [0.25, 0.3) is 11.3 Å². The predicted octanol–water partition coefficient (Wildman–Crippen LogP) is 3.39. The molecule has 0 aliphatic carbocycles. The molecule has 1 N–H and O–H groups in total. The number of H-pyrrole nitrogens is 1. The second kappa shape index (κ2) is 4.94. The van der Waals surface area contributed by atoms with E-state index in [1.54, 1.807) is 0 Å². The van der Waals surface area contributed by atoms with Crippen molar-refractivity contribution in [1.29, 1.82) is 0 Å². The lowest BCUT2D eigenvalue weighted by molar-refractivity contribution is 0.337. The molecule has 0 saturated heterocycles. The molecule has 0 atom stereocenters. The van der Waals surface area contributed by atoms with Crippen molar-refractivity contribution >= 4 is 17.3 Å². The van der Waals surface area contributed by atoms with Gasteiger partial charge in [0.15, 0.2) is 5.05 Å². The van der Waals surface area contributed by atoms with Crippen molar-refractivity contribution in [2.75, 3.05) is 6.61 Å². The molecule has 0 amide bonds. The first-order valence-corrected chi connectivity index (χ1v) is 5.63. The van der Waals surface area contributed by atoms with E-state index in [2.05, 4.69) is 17.1 Å². The first-order chi connectivity index (χ1) is 7.81. The van der Waals surface area contributed by atoms with Crippen LogP contribution in [0.2, 0.25) is 0 Å². The van der Waals surface area contributed by atoms with E-state index >= 15 is 0 Å². The Labute approximate surface area is 100 Å². The number of nitrogens with one attached hydrogen (secondary N) is 1. The fourth-order valence-electron chi connectivity index (χ4n) is 1.51. The monoisotopic (exact) mass is 231 g/mol. The number of hydrogen-bond acceptors (Lipinski definition) is 2. The van der Waals surface area contributed by atoms with Crippen LogP contribution in [0.5, 0.6) is 0 Å². The van der Waals surface area contributed by atoms with Crippen molar-refractivity contribution in [3.8, 4) is 11.3 Å². The van der Waals surface area contributed by atoms with Gasteiger partial charge in [0.1, 0.15) is 0 Å². The van der Waals surface area contributed by atoms with Gasteiger partial charge in [-0.3, -0.25) is 0 Å². The molecule has 1 aromatic carbocycles. The number of benzene rings is 1. The normalized spacial score (nSPS) is 10.1. The summed E-state index contributed by atoms with van der Waals surface area (Å²) >= 11 is 5.14. The molecule has 2 rings (SSSR count). The van der Waals surface area contributed by atoms with Crippen molar-refractivity contribution < 1.29 is 4.74 Å². The van der Waals surface area contributed by atoms with Gasteiger partial charge >= 0.3 is 0 Å². The zero-order valence-electron chi connectivity index (χ0n) is 9.07. The third kappa shape index (κ3) is 2.31. The maximum absolute atomic E-state index is 5.29. The van der Waals surface area contributed by atoms with Crippen LogP contribution in [-0.2, 0) is 4.74 Å². The lowest BCUT2D eigenvalue weighted by Gasteiger charge is -2.00. The highest BCUT2D eigenvalue weighted by atomic mass is 32.1. The van der Waals surface area contributed by atoms with Gasteiger partial charge in [0.25, 0.3) is 0 Å². The molecule has 0 unspecified atom stereocenters. The van der Waals surface area contributed by atoms with Crippen molar-refractivity contribution in [3.05, 3.63) is 48.2 Å². The minimum Gasteiger partial charge on any atom is -0.483 e. The minimum atomic E-state index is 0.543. The summed E-state index contributed by atoms with van der Waals surface area (Å²) in [5, 5.41) is 0.543. The molecule has 82 valence electrons. The van der Waals surface area contributed by atoms with Crippen LogP contribution in [-0.4, -0.2) is 16.6 Å². The summed E-state index contributed by atoms with van der Waals surface area (Å²) in [4.78, 5) is 3.19. The topological polar surface area (TPSA) is 25.0 Å². The molecule has 2 aromatic rings. The van der Waals surface area contributed by atoms with Crippen LogP contribution >= 0.6 is 12.2 Å². The maximum atomic E-state index is 5.29. The quantitative estimate of drug-likeness (QED) is 0.819. The van der Waals surface area contributed by atoms with Crippen molar-refractivity contribution in [1.82, 2.24) is 4.98 Å². The van der Waals surface area contributed by atoms with Crippen molar-refractivity contribution in [2.45, 2.75) is 6.92 Å². The number of ether oxygens (including phenoxy) is 1. The van der Waals surface area contributed by atoms with Crippen LogP contribution in [0.4, 0.5) is 0 Å². The van der Waals surface area contributed by atoms with Gasteiger partial charge < -0.3 is 9.72 Å². The Hall–Kier alpha value is -1.61. The van der Waals surface area contributed by atoms with Gasteiger partial charge in [-0.05, 0) is 30.8 Å². The van der Waals surface area contributed by atoms with Crippen LogP contribution in [0, 0.1) is 0 Å². The molecule has 0 spiro atoms. The fourth-order valence-corrected chi connectivity index (χ4v) is 1.75. The Morgan fingerprint density at radius 1 is 1.31 bits per heavy atom. The highest BCUT2D eigenvalue weighted by molar-refractivity contribution is 7.80. The van der Waals surface area contributed by atoms with E-state index in [4.69, 9.17) is 17.0 Å². The van der Waals surface area contributed by atoms with Gasteiger partial charge in [-0.15, -0.1) is 0 Å². The summed E-state index contributed by atoms with van der Waals surface area (Å²) in [6, 6.07) is 12.1. The summed E-state index contributed by atoms with van der Waals surface area (Å²) in [5.41, 5.74) is 3.13. The molecule has 0 radical (unpaired) electrons. The number of rotatable bonds is 3. The Morgan fingerprint density at radius 2 is 2.06 bits per heavy atom. The van der Waals surface area contributed by atoms with E-state index in [0.717, 1.165) is 16.8 Å². The lowest BCUT2D eigenvalue weighted by atomic mass is 10.1. The highest BCUT2D eigenvalue weighted by Crippen LogP contribution is 2.19. The second-order valence-electron chi connectivity index (χ2n) is 3.39. The SMILES string of the molecule is CCOC(=S)c1c[nH]c(-c2ccccc2)c1. The van der Waals surface area contributed by atoms with Gasteiger partial charge in [0, 0.05) is 17.5 Å². The Balaban J connectivity index is 2.23. The molecule has 0 bridgehead atoms. The molecule has 0 aliphatic rings. The van der Waals surface area contributed by atoms with Crippen molar-refractivity contribution in [3.63, 3.8) is 0 Å². The second-order valence-corrected chi connectivity index (χ2v) is 3.76. The Morgan fingerprint density at radius 3 is 2.75 bits per heavy atom. The summed E-state index contributed by atoms with van der Waals surface area (Å²) in [6.07, 6.45) is 1.88. The van der Waals surface area contributed by atoms with Crippen LogP contribution in [0.1, 0.15) is 12.5 Å². The minimum absolute atomic E-state index is 0.543. The van der Waals surface area contributed by atoms with Crippen LogP contribution in [0.3, 0.4) is 0 Å². The van der Waals surface area contributed by atoms with Gasteiger partial charge in [-0.25, -0.2) is 0 Å². The number of aromatic amines is 1. The maximum Gasteiger partial charge on any atom is 0.192 e. The van der Waals surface area contributed by atoms with Gasteiger partial charge in [0.05, 0.1) is 6.61 Å². The fraction of sp³-hybridized carbons (Fsp3) is 0.154. The lowest BCUT2D eigenvalue weighted by Crippen LogP contribution is -2.00. The molecular formula is C13H13NOS. The summed E-state index contributed by atoms with van der Waals surface area (Å²) < 4.78 is 5.29. The van der Waals surface area contributed by atoms with Crippen molar-refractivity contribution in [2.24, 2.45) is 0 Å². The average Bonchev–Trinajstić information content (AvgIpc) is 2.80. The van der Waals surface area contributed by atoms with E-state index in [0.29, 0.717) is 11.7 Å². The summed E-state index contributed by atoms with van der Waals surface area (Å²) in [7, 11) is 0. The van der Waals surface area contributed by atoms with E-state index in [1.807, 2.05) is 37.4 Å². The molecular weight excluding hydrogens is 218 g/mol. The number of aromatic nitrogens is 1. The van der Waals surface area contributed by atoms with Crippen LogP contribution in [0.15, 0.2) is 42.6 Å². The van der Waals surface area contributed by atoms with Gasteiger partial charge in [0.2, 0.25) is 0 Å². The standard InChI is InChI=1S/C13H13NOS/c1-2-15-13(16)11-8-12(14-9-11)10-6-4-3-5-7-10/h3-9,14H,2H2,1H3. The third-order valence-corrected chi connectivity index (χ3v) is 2.63. The largest absolute Gasteiger partial charge is 0.483 e. The van der Waals surface area contributed by atoms with E-state index in [-0.39, 0.29) is 0 Å². The smallest absolute Gasteiger partial charge is 0.192 e. The molecule has 3 heteroatoms.